The molecule has 22 heteroatoms. The second-order valence-corrected chi connectivity index (χ2v) is 12.9. The van der Waals surface area contributed by atoms with Crippen LogP contribution in [0.1, 0.15) is 33.9 Å². The fraction of sp³-hybridized carbons (Fsp3) is 0.385. The standard InChI is InChI=1S/2C13H11F6N3OS/c2*1-7-3-8(2)10(24(23)5-12(14,15)16)4-9(7)22-6-20-11(21-22)13(17,18)19/h2*3-4,6H,5H2,1-2H3. The summed E-state index contributed by atoms with van der Waals surface area (Å²) in [7, 11) is -4.75. The first-order valence-corrected chi connectivity index (χ1v) is 15.5. The summed E-state index contributed by atoms with van der Waals surface area (Å²) >= 11 is 0. The Labute approximate surface area is 268 Å². The third kappa shape index (κ3) is 10.1. The molecule has 0 radical (unpaired) electrons. The summed E-state index contributed by atoms with van der Waals surface area (Å²) in [5.41, 5.74) is 1.76. The molecule has 2 aromatic carbocycles. The van der Waals surface area contributed by atoms with Gasteiger partial charge in [0.1, 0.15) is 24.2 Å². The lowest BCUT2D eigenvalue weighted by atomic mass is 10.1. The Hall–Kier alpha value is -3.82. The summed E-state index contributed by atoms with van der Waals surface area (Å²) in [6, 6.07) is 5.16. The van der Waals surface area contributed by atoms with Gasteiger partial charge in [-0.2, -0.15) is 52.7 Å². The van der Waals surface area contributed by atoms with E-state index in [1.807, 2.05) is 0 Å². The normalized spacial score (nSPS) is 14.0. The lowest BCUT2D eigenvalue weighted by Crippen LogP contribution is -2.19. The average Bonchev–Trinajstić information content (AvgIpc) is 3.58. The second kappa shape index (κ2) is 14.0. The Balaban J connectivity index is 0.000000260. The van der Waals surface area contributed by atoms with Gasteiger partial charge in [0.25, 0.3) is 11.6 Å². The summed E-state index contributed by atoms with van der Waals surface area (Å²) in [6.45, 7) is 6.05. The Bertz CT molecular complexity index is 1690. The van der Waals surface area contributed by atoms with Gasteiger partial charge in [-0.1, -0.05) is 12.1 Å². The molecule has 4 rings (SSSR count). The van der Waals surface area contributed by atoms with Crippen LogP contribution in [0.2, 0.25) is 0 Å². The zero-order valence-corrected chi connectivity index (χ0v) is 26.4. The molecule has 0 aliphatic rings. The minimum atomic E-state index is -4.74. The van der Waals surface area contributed by atoms with Crippen LogP contribution in [0.3, 0.4) is 0 Å². The molecular weight excluding hydrogens is 720 g/mol. The van der Waals surface area contributed by atoms with Gasteiger partial charge in [0.15, 0.2) is 0 Å². The Morgan fingerprint density at radius 1 is 0.542 bits per heavy atom. The predicted molar refractivity (Wildman–Crippen MR) is 146 cm³/mol. The van der Waals surface area contributed by atoms with Crippen LogP contribution in [-0.4, -0.2) is 61.8 Å². The maximum atomic E-state index is 12.6. The first kappa shape index (κ1) is 38.6. The first-order valence-electron chi connectivity index (χ1n) is 12.9. The van der Waals surface area contributed by atoms with Gasteiger partial charge in [0.2, 0.25) is 0 Å². The van der Waals surface area contributed by atoms with E-state index in [4.69, 9.17) is 0 Å². The van der Waals surface area contributed by atoms with Crippen LogP contribution < -0.4 is 0 Å². The van der Waals surface area contributed by atoms with E-state index in [1.54, 1.807) is 13.8 Å². The number of aromatic nitrogens is 6. The van der Waals surface area contributed by atoms with E-state index < -0.39 is 69.5 Å². The lowest BCUT2D eigenvalue weighted by molar-refractivity contribution is -0.145. The molecule has 2 unspecified atom stereocenters. The first-order chi connectivity index (χ1) is 21.8. The molecule has 0 aliphatic heterocycles. The van der Waals surface area contributed by atoms with Crippen molar-refractivity contribution < 1.29 is 61.1 Å². The Kier molecular flexibility index (Phi) is 11.2. The van der Waals surface area contributed by atoms with Crippen molar-refractivity contribution in [3.63, 3.8) is 0 Å². The van der Waals surface area contributed by atoms with E-state index in [-0.39, 0.29) is 21.2 Å². The predicted octanol–water partition coefficient (Wildman–Crippen LogP) is 7.15. The van der Waals surface area contributed by atoms with Crippen molar-refractivity contribution in [3.05, 3.63) is 70.8 Å². The largest absolute Gasteiger partial charge is 0.453 e. The van der Waals surface area contributed by atoms with Crippen LogP contribution in [0.4, 0.5) is 52.7 Å². The number of benzene rings is 2. The Morgan fingerprint density at radius 2 is 0.854 bits per heavy atom. The van der Waals surface area contributed by atoms with Crippen LogP contribution in [0.5, 0.6) is 0 Å². The Morgan fingerprint density at radius 3 is 1.10 bits per heavy atom. The number of hydrogen-bond donors (Lipinski definition) is 0. The zero-order valence-electron chi connectivity index (χ0n) is 24.7. The molecule has 0 spiro atoms. The SMILES string of the molecule is Cc1cc(C)c(S(=O)CC(F)(F)F)cc1-n1cnc(C(F)(F)F)n1.Cc1cc(C)c(S(=O)CC(F)(F)F)cc1-n1cnc(C(F)(F)F)n1. The summed E-state index contributed by atoms with van der Waals surface area (Å²) in [4.78, 5) is 6.04. The zero-order chi connectivity index (χ0) is 36.6. The van der Waals surface area contributed by atoms with E-state index in [9.17, 15) is 61.1 Å². The lowest BCUT2D eigenvalue weighted by Gasteiger charge is -2.13. The molecule has 0 amide bonds. The van der Waals surface area contributed by atoms with Gasteiger partial charge in [0.05, 0.1) is 33.0 Å². The van der Waals surface area contributed by atoms with Crippen molar-refractivity contribution in [3.8, 4) is 11.4 Å². The molecule has 2 aromatic heterocycles. The van der Waals surface area contributed by atoms with Crippen LogP contribution in [-0.2, 0) is 34.0 Å². The topological polar surface area (TPSA) is 95.6 Å². The van der Waals surface area contributed by atoms with Crippen molar-refractivity contribution in [2.24, 2.45) is 0 Å². The van der Waals surface area contributed by atoms with Crippen LogP contribution >= 0.6 is 0 Å². The van der Waals surface area contributed by atoms with E-state index in [0.29, 0.717) is 22.3 Å². The molecule has 2 heterocycles. The molecule has 0 aliphatic carbocycles. The highest BCUT2D eigenvalue weighted by Gasteiger charge is 2.37. The number of halogens is 12. The van der Waals surface area contributed by atoms with E-state index in [1.165, 1.54) is 26.0 Å². The highest BCUT2D eigenvalue weighted by atomic mass is 32.2. The summed E-state index contributed by atoms with van der Waals surface area (Å²) in [5.74, 6) is -5.83. The molecular formula is C26H22F12N6O2S2. The third-order valence-electron chi connectivity index (χ3n) is 6.05. The second-order valence-electron chi connectivity index (χ2n) is 10.0. The van der Waals surface area contributed by atoms with Crippen LogP contribution in [0, 0.1) is 27.7 Å². The minimum Gasteiger partial charge on any atom is -0.254 e. The van der Waals surface area contributed by atoms with E-state index in [2.05, 4.69) is 20.2 Å². The molecule has 0 bridgehead atoms. The number of nitrogens with zero attached hydrogens (tertiary/aromatic N) is 6. The monoisotopic (exact) mass is 742 g/mol. The van der Waals surface area contributed by atoms with Crippen LogP contribution in [0.25, 0.3) is 11.4 Å². The molecule has 8 nitrogen and oxygen atoms in total. The molecule has 264 valence electrons. The van der Waals surface area contributed by atoms with Crippen molar-refractivity contribution in [1.29, 1.82) is 0 Å². The molecule has 0 fully saturated rings. The van der Waals surface area contributed by atoms with Gasteiger partial charge in [-0.05, 0) is 62.1 Å². The molecule has 0 saturated carbocycles. The van der Waals surface area contributed by atoms with Crippen molar-refractivity contribution in [2.75, 3.05) is 11.5 Å². The fourth-order valence-corrected chi connectivity index (χ4v) is 6.33. The number of hydrogen-bond acceptors (Lipinski definition) is 6. The average molecular weight is 743 g/mol. The number of alkyl halides is 12. The molecule has 4 aromatic rings. The molecule has 48 heavy (non-hydrogen) atoms. The van der Waals surface area contributed by atoms with Crippen molar-refractivity contribution in [1.82, 2.24) is 29.5 Å². The quantitative estimate of drug-likeness (QED) is 0.195. The van der Waals surface area contributed by atoms with Crippen molar-refractivity contribution >= 4 is 21.6 Å². The highest BCUT2D eigenvalue weighted by molar-refractivity contribution is 7.85. The van der Waals surface area contributed by atoms with Gasteiger partial charge in [-0.3, -0.25) is 8.42 Å². The fourth-order valence-electron chi connectivity index (χ4n) is 4.10. The smallest absolute Gasteiger partial charge is 0.254 e. The van der Waals surface area contributed by atoms with Gasteiger partial charge in [0, 0.05) is 9.79 Å². The van der Waals surface area contributed by atoms with Gasteiger partial charge in [-0.15, -0.1) is 10.2 Å². The summed E-state index contributed by atoms with van der Waals surface area (Å²) in [6.07, 6.45) is -17.1. The molecule has 0 N–H and O–H groups in total. The number of rotatable bonds is 6. The van der Waals surface area contributed by atoms with Gasteiger partial charge in [-0.25, -0.2) is 19.3 Å². The van der Waals surface area contributed by atoms with Crippen molar-refractivity contribution in [2.45, 2.75) is 62.2 Å². The summed E-state index contributed by atoms with van der Waals surface area (Å²) in [5, 5.41) is 6.55. The van der Waals surface area contributed by atoms with E-state index >= 15 is 0 Å². The minimum absolute atomic E-state index is 0.0779. The molecule has 0 saturated heterocycles. The maximum Gasteiger partial charge on any atom is 0.453 e. The van der Waals surface area contributed by atoms with E-state index in [0.717, 1.165) is 34.2 Å². The third-order valence-corrected chi connectivity index (χ3v) is 9.09. The van der Waals surface area contributed by atoms with Gasteiger partial charge < -0.3 is 0 Å². The number of aryl methyl sites for hydroxylation is 4. The van der Waals surface area contributed by atoms with Crippen LogP contribution in [0.15, 0.2) is 46.7 Å². The maximum absolute atomic E-state index is 12.6. The highest BCUT2D eigenvalue weighted by Crippen LogP contribution is 2.30. The van der Waals surface area contributed by atoms with Gasteiger partial charge >= 0.3 is 24.7 Å². The summed E-state index contributed by atoms with van der Waals surface area (Å²) < 4.78 is 175. The molecule has 2 atom stereocenters.